The Bertz CT molecular complexity index is 731. The van der Waals surface area contributed by atoms with Crippen LogP contribution in [0.4, 0.5) is 4.79 Å². The molecule has 6 heteroatoms. The number of oxazole rings is 1. The van der Waals surface area contributed by atoms with Crippen molar-refractivity contribution in [2.45, 2.75) is 31.8 Å². The molecule has 25 heavy (non-hydrogen) atoms. The van der Waals surface area contributed by atoms with Crippen molar-refractivity contribution in [2.24, 2.45) is 17.8 Å². The second-order valence-corrected chi connectivity index (χ2v) is 7.04. The Morgan fingerprint density at radius 2 is 2.04 bits per heavy atom. The predicted molar refractivity (Wildman–Crippen MR) is 92.5 cm³/mol. The Morgan fingerprint density at radius 1 is 1.24 bits per heavy atom. The maximum atomic E-state index is 12.2. The topological polar surface area (TPSA) is 87.4 Å². The molecule has 2 aromatic rings. The van der Waals surface area contributed by atoms with Crippen molar-refractivity contribution in [3.63, 3.8) is 0 Å². The third kappa shape index (κ3) is 3.26. The summed E-state index contributed by atoms with van der Waals surface area (Å²) in [6, 6.07) is 9.53. The van der Waals surface area contributed by atoms with Crippen LogP contribution in [0.15, 0.2) is 41.0 Å². The van der Waals surface area contributed by atoms with Gasteiger partial charge in [-0.1, -0.05) is 18.2 Å². The second-order valence-electron chi connectivity index (χ2n) is 7.04. The van der Waals surface area contributed by atoms with E-state index in [2.05, 4.69) is 15.6 Å². The number of amides is 2. The molecule has 4 rings (SSSR count). The Hall–Kier alpha value is -2.34. The number of urea groups is 1. The van der Waals surface area contributed by atoms with E-state index in [9.17, 15) is 9.90 Å². The molecule has 2 aliphatic carbocycles. The van der Waals surface area contributed by atoms with Crippen LogP contribution in [0, 0.1) is 17.8 Å². The van der Waals surface area contributed by atoms with Gasteiger partial charge in [0.2, 0.25) is 5.89 Å². The van der Waals surface area contributed by atoms with Gasteiger partial charge in [-0.3, -0.25) is 0 Å². The fourth-order valence-corrected chi connectivity index (χ4v) is 4.37. The van der Waals surface area contributed by atoms with Gasteiger partial charge in [0.25, 0.3) is 0 Å². The van der Waals surface area contributed by atoms with Crippen LogP contribution < -0.4 is 10.6 Å². The lowest BCUT2D eigenvalue weighted by atomic mass is 9.85. The smallest absolute Gasteiger partial charge is 0.315 e. The largest absolute Gasteiger partial charge is 0.444 e. The summed E-state index contributed by atoms with van der Waals surface area (Å²) in [6.45, 7) is 0.461. The highest BCUT2D eigenvalue weighted by Gasteiger charge is 2.47. The van der Waals surface area contributed by atoms with E-state index < -0.39 is 0 Å². The van der Waals surface area contributed by atoms with Crippen LogP contribution in [-0.4, -0.2) is 28.8 Å². The molecule has 1 aromatic heterocycles. The highest BCUT2D eigenvalue weighted by molar-refractivity contribution is 5.74. The molecule has 0 aliphatic heterocycles. The van der Waals surface area contributed by atoms with E-state index in [4.69, 9.17) is 4.42 Å². The summed E-state index contributed by atoms with van der Waals surface area (Å²) in [5, 5.41) is 15.5. The molecule has 2 saturated carbocycles. The fraction of sp³-hybridized carbons (Fsp3) is 0.474. The van der Waals surface area contributed by atoms with Gasteiger partial charge in [-0.15, -0.1) is 0 Å². The Balaban J connectivity index is 1.31. The zero-order chi connectivity index (χ0) is 17.2. The Kier molecular flexibility index (Phi) is 4.44. The standard InChI is InChI=1S/C19H23N3O3/c23-10-16-13-6-7-14(8-13)17(16)22-19(24)20-9-15-11-25-18(21-15)12-4-2-1-3-5-12/h1-5,11,13-14,16-17,23H,6-10H2,(H2,20,22,24)/t13-,14-,16-,17-/m0/s1. The van der Waals surface area contributed by atoms with Gasteiger partial charge in [0.05, 0.1) is 12.2 Å². The van der Waals surface area contributed by atoms with Crippen molar-refractivity contribution in [3.05, 3.63) is 42.3 Å². The number of hydrogen-bond acceptors (Lipinski definition) is 4. The van der Waals surface area contributed by atoms with E-state index in [1.165, 1.54) is 6.42 Å². The number of nitrogens with zero attached hydrogens (tertiary/aromatic N) is 1. The van der Waals surface area contributed by atoms with E-state index in [0.717, 1.165) is 18.4 Å². The van der Waals surface area contributed by atoms with Crippen molar-refractivity contribution in [1.82, 2.24) is 15.6 Å². The zero-order valence-corrected chi connectivity index (χ0v) is 14.0. The molecule has 2 amide bonds. The predicted octanol–water partition coefficient (Wildman–Crippen LogP) is 2.55. The number of aromatic nitrogens is 1. The van der Waals surface area contributed by atoms with Crippen LogP contribution >= 0.6 is 0 Å². The van der Waals surface area contributed by atoms with Crippen molar-refractivity contribution in [2.75, 3.05) is 6.61 Å². The molecule has 0 radical (unpaired) electrons. The molecule has 2 bridgehead atoms. The van der Waals surface area contributed by atoms with Crippen molar-refractivity contribution in [3.8, 4) is 11.5 Å². The lowest BCUT2D eigenvalue weighted by Crippen LogP contribution is -2.48. The number of aliphatic hydroxyl groups is 1. The Morgan fingerprint density at radius 3 is 2.84 bits per heavy atom. The molecule has 0 saturated heterocycles. The van der Waals surface area contributed by atoms with E-state index in [1.807, 2.05) is 30.3 Å². The quantitative estimate of drug-likeness (QED) is 0.780. The van der Waals surface area contributed by atoms with Gasteiger partial charge in [-0.2, -0.15) is 0 Å². The van der Waals surface area contributed by atoms with Crippen molar-refractivity contribution in [1.29, 1.82) is 0 Å². The maximum Gasteiger partial charge on any atom is 0.315 e. The molecule has 1 heterocycles. The molecule has 2 fully saturated rings. The van der Waals surface area contributed by atoms with E-state index in [0.29, 0.717) is 30.0 Å². The number of rotatable bonds is 5. The summed E-state index contributed by atoms with van der Waals surface area (Å²) in [4.78, 5) is 16.6. The first kappa shape index (κ1) is 16.1. The van der Waals surface area contributed by atoms with Crippen LogP contribution in [0.3, 0.4) is 0 Å². The maximum absolute atomic E-state index is 12.2. The van der Waals surface area contributed by atoms with Crippen LogP contribution in [0.1, 0.15) is 25.0 Å². The highest BCUT2D eigenvalue weighted by atomic mass is 16.3. The van der Waals surface area contributed by atoms with E-state index >= 15 is 0 Å². The zero-order valence-electron chi connectivity index (χ0n) is 14.0. The van der Waals surface area contributed by atoms with E-state index in [1.54, 1.807) is 6.26 Å². The summed E-state index contributed by atoms with van der Waals surface area (Å²) in [5.74, 6) is 1.81. The molecule has 1 aromatic carbocycles. The minimum atomic E-state index is -0.208. The van der Waals surface area contributed by atoms with Gasteiger partial charge in [-0.05, 0) is 43.2 Å². The molecule has 0 unspecified atom stereocenters. The molecule has 2 aliphatic rings. The number of aliphatic hydroxyl groups excluding tert-OH is 1. The average molecular weight is 341 g/mol. The number of fused-ring (bicyclic) bond motifs is 2. The van der Waals surface area contributed by atoms with Crippen LogP contribution in [-0.2, 0) is 6.54 Å². The first-order valence-corrected chi connectivity index (χ1v) is 8.89. The SMILES string of the molecule is O=C(NCc1coc(-c2ccccc2)n1)N[C@H]1[C@H]2CC[C@@H](C2)[C@@H]1CO. The summed E-state index contributed by atoms with van der Waals surface area (Å²) < 4.78 is 5.48. The van der Waals surface area contributed by atoms with Gasteiger partial charge in [0, 0.05) is 24.1 Å². The molecular formula is C19H23N3O3. The summed E-state index contributed by atoms with van der Waals surface area (Å²) in [7, 11) is 0. The van der Waals surface area contributed by atoms with Gasteiger partial charge in [-0.25, -0.2) is 9.78 Å². The summed E-state index contributed by atoms with van der Waals surface area (Å²) >= 11 is 0. The fourth-order valence-electron chi connectivity index (χ4n) is 4.37. The number of nitrogens with one attached hydrogen (secondary N) is 2. The monoisotopic (exact) mass is 341 g/mol. The number of benzene rings is 1. The summed E-state index contributed by atoms with van der Waals surface area (Å²) in [6.07, 6.45) is 5.02. The first-order chi connectivity index (χ1) is 12.2. The summed E-state index contributed by atoms with van der Waals surface area (Å²) in [5.41, 5.74) is 1.59. The van der Waals surface area contributed by atoms with Gasteiger partial charge >= 0.3 is 6.03 Å². The third-order valence-electron chi connectivity index (χ3n) is 5.60. The minimum absolute atomic E-state index is 0.0842. The van der Waals surface area contributed by atoms with Crippen molar-refractivity contribution >= 4 is 6.03 Å². The molecule has 132 valence electrons. The number of hydrogen-bond donors (Lipinski definition) is 3. The van der Waals surface area contributed by atoms with E-state index in [-0.39, 0.29) is 24.6 Å². The molecule has 6 nitrogen and oxygen atoms in total. The lowest BCUT2D eigenvalue weighted by molar-refractivity contribution is 0.144. The highest BCUT2D eigenvalue weighted by Crippen LogP contribution is 2.48. The second kappa shape index (κ2) is 6.88. The Labute approximate surface area is 146 Å². The first-order valence-electron chi connectivity index (χ1n) is 8.89. The van der Waals surface area contributed by atoms with Crippen LogP contribution in [0.25, 0.3) is 11.5 Å². The molecular weight excluding hydrogens is 318 g/mol. The molecule has 0 spiro atoms. The van der Waals surface area contributed by atoms with Gasteiger partial charge < -0.3 is 20.2 Å². The van der Waals surface area contributed by atoms with Crippen LogP contribution in [0.5, 0.6) is 0 Å². The van der Waals surface area contributed by atoms with Gasteiger partial charge in [0.1, 0.15) is 6.26 Å². The van der Waals surface area contributed by atoms with Crippen molar-refractivity contribution < 1.29 is 14.3 Å². The number of carbonyl (C=O) groups excluding carboxylic acids is 1. The minimum Gasteiger partial charge on any atom is -0.444 e. The lowest BCUT2D eigenvalue weighted by Gasteiger charge is -2.30. The third-order valence-corrected chi connectivity index (χ3v) is 5.60. The molecule has 4 atom stereocenters. The van der Waals surface area contributed by atoms with Gasteiger partial charge in [0.15, 0.2) is 0 Å². The number of carbonyl (C=O) groups is 1. The average Bonchev–Trinajstić information content (AvgIpc) is 3.37. The van der Waals surface area contributed by atoms with Crippen LogP contribution in [0.2, 0.25) is 0 Å². The molecule has 3 N–H and O–H groups in total. The normalized spacial score (nSPS) is 27.4.